The molecule has 2 aliphatic rings. The molecule has 2 heterocycles. The van der Waals surface area contributed by atoms with Crippen LogP contribution in [-0.4, -0.2) is 53.1 Å². The van der Waals surface area contributed by atoms with Crippen molar-refractivity contribution in [2.24, 2.45) is 11.7 Å². The molecular formula is C15H26Cl2N4O2. The zero-order valence-electron chi connectivity index (χ0n) is 13.4. The lowest BCUT2D eigenvalue weighted by Crippen LogP contribution is -2.49. The Kier molecular flexibility index (Phi) is 7.80. The number of amides is 1. The van der Waals surface area contributed by atoms with E-state index >= 15 is 0 Å². The predicted octanol–water partition coefficient (Wildman–Crippen LogP) is 1.60. The quantitative estimate of drug-likeness (QED) is 0.881. The van der Waals surface area contributed by atoms with Gasteiger partial charge in [-0.05, 0) is 26.2 Å². The van der Waals surface area contributed by atoms with Gasteiger partial charge in [-0.25, -0.2) is 0 Å². The maximum Gasteiger partial charge on any atom is 0.225 e. The van der Waals surface area contributed by atoms with Gasteiger partial charge in [-0.2, -0.15) is 0 Å². The first-order chi connectivity index (χ1) is 10.1. The minimum absolute atomic E-state index is 0. The molecule has 8 heteroatoms. The zero-order valence-corrected chi connectivity index (χ0v) is 15.1. The van der Waals surface area contributed by atoms with Crippen LogP contribution in [0.4, 0.5) is 0 Å². The van der Waals surface area contributed by atoms with Crippen LogP contribution in [0.5, 0.6) is 0 Å². The number of nitrogens with two attached hydrogens (primary N) is 1. The van der Waals surface area contributed by atoms with Crippen LogP contribution in [0.25, 0.3) is 0 Å². The van der Waals surface area contributed by atoms with E-state index in [-0.39, 0.29) is 36.8 Å². The first-order valence-electron chi connectivity index (χ1n) is 7.81. The van der Waals surface area contributed by atoms with Gasteiger partial charge in [0.05, 0.1) is 5.69 Å². The van der Waals surface area contributed by atoms with Gasteiger partial charge in [0.25, 0.3) is 0 Å². The molecule has 2 atom stereocenters. The smallest absolute Gasteiger partial charge is 0.225 e. The van der Waals surface area contributed by atoms with Crippen molar-refractivity contribution in [2.45, 2.75) is 38.8 Å². The van der Waals surface area contributed by atoms with Crippen molar-refractivity contribution in [1.82, 2.24) is 15.0 Å². The van der Waals surface area contributed by atoms with Crippen molar-refractivity contribution in [1.29, 1.82) is 0 Å². The highest BCUT2D eigenvalue weighted by Gasteiger charge is 2.32. The lowest BCUT2D eigenvalue weighted by Gasteiger charge is -2.35. The predicted molar refractivity (Wildman–Crippen MR) is 92.9 cm³/mol. The standard InChI is InChI=1S/C15H24N4O2.2ClH/c1-11-8-14(17-21-11)10-18-4-6-19(7-5-18)15(20)12-2-3-13(16)9-12;;/h8,12-13H,2-7,9-10,16H2,1H3;2*1H. The summed E-state index contributed by atoms with van der Waals surface area (Å²) in [6.45, 7) is 6.11. The fourth-order valence-corrected chi connectivity index (χ4v) is 3.35. The van der Waals surface area contributed by atoms with Crippen LogP contribution in [0.3, 0.4) is 0 Å². The fourth-order valence-electron chi connectivity index (χ4n) is 3.35. The molecular weight excluding hydrogens is 339 g/mol. The first-order valence-corrected chi connectivity index (χ1v) is 7.81. The highest BCUT2D eigenvalue weighted by molar-refractivity contribution is 5.85. The molecule has 3 rings (SSSR count). The second-order valence-corrected chi connectivity index (χ2v) is 6.30. The molecule has 1 aromatic rings. The van der Waals surface area contributed by atoms with E-state index in [4.69, 9.17) is 10.3 Å². The van der Waals surface area contributed by atoms with Crippen molar-refractivity contribution in [3.8, 4) is 0 Å². The van der Waals surface area contributed by atoms with Gasteiger partial charge in [0, 0.05) is 50.7 Å². The van der Waals surface area contributed by atoms with E-state index in [1.165, 1.54) is 0 Å². The van der Waals surface area contributed by atoms with Gasteiger partial charge in [-0.3, -0.25) is 9.69 Å². The summed E-state index contributed by atoms with van der Waals surface area (Å²) in [6.07, 6.45) is 2.80. The van der Waals surface area contributed by atoms with Crippen LogP contribution >= 0.6 is 24.8 Å². The van der Waals surface area contributed by atoms with E-state index in [1.807, 2.05) is 17.9 Å². The molecule has 1 saturated carbocycles. The van der Waals surface area contributed by atoms with Crippen molar-refractivity contribution >= 4 is 30.7 Å². The average molecular weight is 365 g/mol. The number of hydrogen-bond donors (Lipinski definition) is 1. The van der Waals surface area contributed by atoms with Gasteiger partial charge in [-0.15, -0.1) is 24.8 Å². The Labute approximate surface area is 149 Å². The van der Waals surface area contributed by atoms with E-state index in [0.29, 0.717) is 5.91 Å². The van der Waals surface area contributed by atoms with Crippen molar-refractivity contribution in [3.05, 3.63) is 17.5 Å². The van der Waals surface area contributed by atoms with Gasteiger partial charge in [0.15, 0.2) is 0 Å². The highest BCUT2D eigenvalue weighted by atomic mass is 35.5. The van der Waals surface area contributed by atoms with Gasteiger partial charge < -0.3 is 15.2 Å². The van der Waals surface area contributed by atoms with Crippen LogP contribution in [0.15, 0.2) is 10.6 Å². The minimum Gasteiger partial charge on any atom is -0.361 e. The number of nitrogens with zero attached hydrogens (tertiary/aromatic N) is 3. The molecule has 1 saturated heterocycles. The Hall–Kier alpha value is -0.820. The normalized spacial score (nSPS) is 24.9. The second-order valence-electron chi connectivity index (χ2n) is 6.30. The van der Waals surface area contributed by atoms with Crippen LogP contribution in [-0.2, 0) is 11.3 Å². The molecule has 132 valence electrons. The number of carbonyl (C=O) groups is 1. The summed E-state index contributed by atoms with van der Waals surface area (Å²) >= 11 is 0. The number of halogens is 2. The van der Waals surface area contributed by atoms with Crippen LogP contribution in [0.2, 0.25) is 0 Å². The SMILES string of the molecule is Cc1cc(CN2CCN(C(=O)C3CCC(N)C3)CC2)no1.Cl.Cl. The van der Waals surface area contributed by atoms with Crippen LogP contribution in [0.1, 0.15) is 30.7 Å². The number of piperazine rings is 1. The summed E-state index contributed by atoms with van der Waals surface area (Å²) in [5.41, 5.74) is 6.87. The minimum atomic E-state index is 0. The van der Waals surface area contributed by atoms with Crippen molar-refractivity contribution < 1.29 is 9.32 Å². The summed E-state index contributed by atoms with van der Waals surface area (Å²) in [4.78, 5) is 16.8. The Bertz CT molecular complexity index is 503. The highest BCUT2D eigenvalue weighted by Crippen LogP contribution is 2.26. The number of aryl methyl sites for hydroxylation is 1. The Morgan fingerprint density at radius 1 is 1.30 bits per heavy atom. The lowest BCUT2D eigenvalue weighted by molar-refractivity contribution is -0.137. The van der Waals surface area contributed by atoms with E-state index in [1.54, 1.807) is 0 Å². The summed E-state index contributed by atoms with van der Waals surface area (Å²) in [7, 11) is 0. The second kappa shape index (κ2) is 8.87. The van der Waals surface area contributed by atoms with Gasteiger partial charge in [0.1, 0.15) is 5.76 Å². The molecule has 23 heavy (non-hydrogen) atoms. The molecule has 0 radical (unpaired) electrons. The van der Waals surface area contributed by atoms with E-state index in [2.05, 4.69) is 10.1 Å². The zero-order chi connectivity index (χ0) is 14.8. The third-order valence-electron chi connectivity index (χ3n) is 4.57. The third-order valence-corrected chi connectivity index (χ3v) is 4.57. The van der Waals surface area contributed by atoms with Crippen molar-refractivity contribution in [2.75, 3.05) is 26.2 Å². The summed E-state index contributed by atoms with van der Waals surface area (Å²) in [5, 5.41) is 4.02. The maximum absolute atomic E-state index is 12.4. The van der Waals surface area contributed by atoms with Gasteiger partial charge in [-0.1, -0.05) is 5.16 Å². The number of rotatable bonds is 3. The molecule has 1 amide bonds. The fraction of sp³-hybridized carbons (Fsp3) is 0.733. The molecule has 2 unspecified atom stereocenters. The van der Waals surface area contributed by atoms with E-state index < -0.39 is 0 Å². The first kappa shape index (κ1) is 20.2. The van der Waals surface area contributed by atoms with Gasteiger partial charge >= 0.3 is 0 Å². The Morgan fingerprint density at radius 3 is 2.52 bits per heavy atom. The monoisotopic (exact) mass is 364 g/mol. The topological polar surface area (TPSA) is 75.6 Å². The third kappa shape index (κ3) is 5.08. The molecule has 6 nitrogen and oxygen atoms in total. The summed E-state index contributed by atoms with van der Waals surface area (Å²) in [5.74, 6) is 1.31. The van der Waals surface area contributed by atoms with E-state index in [9.17, 15) is 4.79 Å². The molecule has 2 N–H and O–H groups in total. The number of carbonyl (C=O) groups excluding carboxylic acids is 1. The summed E-state index contributed by atoms with van der Waals surface area (Å²) < 4.78 is 5.09. The van der Waals surface area contributed by atoms with E-state index in [0.717, 1.165) is 63.4 Å². The van der Waals surface area contributed by atoms with Crippen LogP contribution in [0, 0.1) is 12.8 Å². The number of hydrogen-bond acceptors (Lipinski definition) is 5. The Morgan fingerprint density at radius 2 is 2.00 bits per heavy atom. The maximum atomic E-state index is 12.4. The number of aromatic nitrogens is 1. The summed E-state index contributed by atoms with van der Waals surface area (Å²) in [6, 6.07) is 2.19. The van der Waals surface area contributed by atoms with Crippen LogP contribution < -0.4 is 5.73 Å². The molecule has 0 bridgehead atoms. The van der Waals surface area contributed by atoms with Gasteiger partial charge in [0.2, 0.25) is 5.91 Å². The largest absolute Gasteiger partial charge is 0.361 e. The molecule has 0 spiro atoms. The molecule has 1 aromatic heterocycles. The molecule has 1 aliphatic carbocycles. The molecule has 2 fully saturated rings. The van der Waals surface area contributed by atoms with Crippen molar-refractivity contribution in [3.63, 3.8) is 0 Å². The molecule has 0 aromatic carbocycles. The lowest BCUT2D eigenvalue weighted by atomic mass is 10.1. The molecule has 1 aliphatic heterocycles. The Balaban J connectivity index is 0.00000132. The average Bonchev–Trinajstić information content (AvgIpc) is 3.08.